The third-order valence-corrected chi connectivity index (χ3v) is 6.74. The molecule has 8 nitrogen and oxygen atoms in total. The average molecular weight is 534 g/mol. The van der Waals surface area contributed by atoms with E-state index < -0.39 is 0 Å². The molecule has 1 saturated carbocycles. The van der Waals surface area contributed by atoms with Gasteiger partial charge in [0.05, 0.1) is 10.5 Å². The largest absolute Gasteiger partial charge is 1.00 e. The lowest BCUT2D eigenvalue weighted by molar-refractivity contribution is -0.0000152. The molecule has 1 aliphatic carbocycles. The lowest BCUT2D eigenvalue weighted by atomic mass is 10.1. The van der Waals surface area contributed by atoms with Crippen molar-refractivity contribution in [3.8, 4) is 6.07 Å². The topological polar surface area (TPSA) is 88.4 Å². The van der Waals surface area contributed by atoms with Gasteiger partial charge in [-0.3, -0.25) is 20.1 Å². The van der Waals surface area contributed by atoms with E-state index >= 15 is 0 Å². The highest BCUT2D eigenvalue weighted by molar-refractivity contribution is 9.10. The van der Waals surface area contributed by atoms with E-state index in [4.69, 9.17) is 0 Å². The summed E-state index contributed by atoms with van der Waals surface area (Å²) in [5.41, 5.74) is 4.84. The van der Waals surface area contributed by atoms with Crippen LogP contribution in [0.5, 0.6) is 0 Å². The van der Waals surface area contributed by atoms with Crippen molar-refractivity contribution < 1.29 is 17.2 Å². The van der Waals surface area contributed by atoms with Crippen LogP contribution in [0.15, 0.2) is 34.9 Å². The van der Waals surface area contributed by atoms with Gasteiger partial charge in [-0.2, -0.15) is 10.2 Å². The molecule has 2 heterocycles. The normalized spacial score (nSPS) is 17.2. The average Bonchev–Trinajstić information content (AvgIpc) is 3.35. The van der Waals surface area contributed by atoms with Crippen LogP contribution in [0.4, 0.5) is 5.82 Å². The summed E-state index contributed by atoms with van der Waals surface area (Å²) in [6, 6.07) is 9.93. The minimum Gasteiger partial charge on any atom is -1.00 e. The fourth-order valence-corrected chi connectivity index (χ4v) is 4.64. The number of aromatic nitrogens is 2. The summed E-state index contributed by atoms with van der Waals surface area (Å²) in [4.78, 5) is 26.2. The maximum absolute atomic E-state index is 13.1. The molecule has 1 saturated heterocycles. The highest BCUT2D eigenvalue weighted by atomic mass is 79.9. The van der Waals surface area contributed by atoms with Crippen molar-refractivity contribution >= 4 is 27.7 Å². The Balaban J connectivity index is 0.00000306. The van der Waals surface area contributed by atoms with Crippen LogP contribution in [-0.4, -0.2) is 64.9 Å². The molecule has 176 valence electrons. The number of hydrogen-bond acceptors (Lipinski definition) is 7. The van der Waals surface area contributed by atoms with Crippen LogP contribution in [0.1, 0.15) is 47.4 Å². The van der Waals surface area contributed by atoms with E-state index in [0.717, 1.165) is 58.4 Å². The number of carbonyl (C=O) groups is 1. The lowest BCUT2D eigenvalue weighted by Crippen LogP contribution is -3.00. The van der Waals surface area contributed by atoms with Crippen molar-refractivity contribution in [3.05, 3.63) is 51.9 Å². The maximum Gasteiger partial charge on any atom is 0.269 e. The van der Waals surface area contributed by atoms with Gasteiger partial charge < -0.3 is 17.3 Å². The zero-order valence-electron chi connectivity index (χ0n) is 18.7. The van der Waals surface area contributed by atoms with Crippen LogP contribution in [0.25, 0.3) is 0 Å². The molecular weight excluding hydrogens is 506 g/mol. The van der Waals surface area contributed by atoms with Gasteiger partial charge in [0, 0.05) is 44.5 Å². The Kier molecular flexibility index (Phi) is 9.03. The van der Waals surface area contributed by atoms with Crippen molar-refractivity contribution in [1.82, 2.24) is 25.2 Å². The van der Waals surface area contributed by atoms with Crippen molar-refractivity contribution in [3.63, 3.8) is 0 Å². The molecule has 1 amide bonds. The number of anilines is 1. The zero-order chi connectivity index (χ0) is 22.5. The summed E-state index contributed by atoms with van der Waals surface area (Å²) in [5.74, 6) is 0.407. The van der Waals surface area contributed by atoms with E-state index in [2.05, 4.69) is 48.2 Å². The molecule has 1 aromatic carbocycles. The molecule has 0 atom stereocenters. The second-order valence-corrected chi connectivity index (χ2v) is 9.36. The number of likely N-dealkylation sites (N-methyl/N-ethyl adjacent to an activating group) is 1. The van der Waals surface area contributed by atoms with Crippen molar-refractivity contribution in [2.24, 2.45) is 0 Å². The molecule has 1 aromatic heterocycles. The van der Waals surface area contributed by atoms with Gasteiger partial charge in [-0.25, -0.2) is 4.98 Å². The molecule has 2 fully saturated rings. The summed E-state index contributed by atoms with van der Waals surface area (Å²) < 4.78 is 0.645. The molecule has 2 aromatic rings. The Labute approximate surface area is 209 Å². The number of hydrazine groups is 1. The third-order valence-electron chi connectivity index (χ3n) is 6.18. The molecule has 0 radical (unpaired) electrons. The zero-order valence-corrected chi connectivity index (χ0v) is 21.0. The summed E-state index contributed by atoms with van der Waals surface area (Å²) in [7, 11) is 2.15. The standard InChI is InChI=1S/C23H28BrN7O.ClH/c1-29-10-12-30(13-11-29)16-17-6-8-18(9-7-17)23(32)28-31(19-4-2-3-5-19)22-20(24)15-26-21(14-25)27-22;/h6-9,15,19H,2-5,10-13,16H2,1H3,(H,28,32);1H/p-1. The van der Waals surface area contributed by atoms with E-state index in [1.54, 1.807) is 11.2 Å². The van der Waals surface area contributed by atoms with Crippen LogP contribution < -0.4 is 22.8 Å². The Bertz CT molecular complexity index is 983. The second kappa shape index (κ2) is 11.7. The minimum absolute atomic E-state index is 0. The first-order valence-electron chi connectivity index (χ1n) is 11.1. The Morgan fingerprint density at radius 3 is 2.52 bits per heavy atom. The number of carbonyl (C=O) groups excluding carboxylic acids is 1. The molecule has 0 unspecified atom stereocenters. The Hall–Kier alpha value is -2.25. The lowest BCUT2D eigenvalue weighted by Gasteiger charge is -2.32. The first kappa shape index (κ1) is 25.4. The van der Waals surface area contributed by atoms with Gasteiger partial charge in [0.1, 0.15) is 6.07 Å². The molecule has 1 aliphatic heterocycles. The van der Waals surface area contributed by atoms with E-state index in [-0.39, 0.29) is 30.2 Å². The number of nitrogens with zero attached hydrogens (tertiary/aromatic N) is 6. The van der Waals surface area contributed by atoms with Crippen molar-refractivity contribution in [2.75, 3.05) is 38.2 Å². The van der Waals surface area contributed by atoms with Gasteiger partial charge in [-0.05, 0) is 53.5 Å². The number of piperazine rings is 1. The first-order valence-corrected chi connectivity index (χ1v) is 11.9. The highest BCUT2D eigenvalue weighted by Gasteiger charge is 2.28. The van der Waals surface area contributed by atoms with Gasteiger partial charge in [-0.15, -0.1) is 0 Å². The monoisotopic (exact) mass is 532 g/mol. The van der Waals surface area contributed by atoms with Crippen molar-refractivity contribution in [2.45, 2.75) is 38.3 Å². The summed E-state index contributed by atoms with van der Waals surface area (Å²) >= 11 is 3.48. The van der Waals surface area contributed by atoms with Crippen LogP contribution in [0, 0.1) is 11.3 Å². The Morgan fingerprint density at radius 1 is 1.21 bits per heavy atom. The fourth-order valence-electron chi connectivity index (χ4n) is 4.26. The van der Waals surface area contributed by atoms with Gasteiger partial charge in [-0.1, -0.05) is 25.0 Å². The number of nitrogens with one attached hydrogen (secondary N) is 1. The van der Waals surface area contributed by atoms with Crippen LogP contribution in [0.3, 0.4) is 0 Å². The predicted molar refractivity (Wildman–Crippen MR) is 126 cm³/mol. The smallest absolute Gasteiger partial charge is 0.269 e. The van der Waals surface area contributed by atoms with E-state index in [9.17, 15) is 10.1 Å². The Morgan fingerprint density at radius 2 is 1.88 bits per heavy atom. The SMILES string of the molecule is CN1CCN(Cc2ccc(C(=O)NN(c3nc(C#N)ncc3Br)C3CCCC3)cc2)CC1.[Cl-]. The maximum atomic E-state index is 13.1. The molecule has 33 heavy (non-hydrogen) atoms. The summed E-state index contributed by atoms with van der Waals surface area (Å²) in [6.07, 6.45) is 5.69. The van der Waals surface area contributed by atoms with E-state index in [0.29, 0.717) is 15.9 Å². The third kappa shape index (κ3) is 6.42. The summed E-state index contributed by atoms with van der Waals surface area (Å²) in [6.45, 7) is 5.20. The minimum atomic E-state index is -0.188. The van der Waals surface area contributed by atoms with E-state index in [1.165, 1.54) is 5.56 Å². The van der Waals surface area contributed by atoms with Crippen LogP contribution >= 0.6 is 15.9 Å². The highest BCUT2D eigenvalue weighted by Crippen LogP contribution is 2.30. The van der Waals surface area contributed by atoms with Crippen LogP contribution in [0.2, 0.25) is 0 Å². The molecule has 4 rings (SSSR count). The molecule has 0 spiro atoms. The number of benzene rings is 1. The summed E-state index contributed by atoms with van der Waals surface area (Å²) in [5, 5.41) is 11.0. The number of rotatable bonds is 6. The quantitative estimate of drug-likeness (QED) is 0.521. The van der Waals surface area contributed by atoms with Crippen LogP contribution in [-0.2, 0) is 6.54 Å². The molecule has 2 aliphatic rings. The number of halogens is 2. The molecule has 1 N–H and O–H groups in total. The van der Waals surface area contributed by atoms with Gasteiger partial charge >= 0.3 is 0 Å². The predicted octanol–water partition coefficient (Wildman–Crippen LogP) is -0.0438. The molecule has 0 bridgehead atoms. The van der Waals surface area contributed by atoms with Gasteiger partial charge in [0.15, 0.2) is 5.82 Å². The second-order valence-electron chi connectivity index (χ2n) is 8.50. The number of amides is 1. The molecular formula is C23H28BrClN7O-. The van der Waals surface area contributed by atoms with Gasteiger partial charge in [0.25, 0.3) is 5.91 Å². The number of hydrogen-bond donors (Lipinski definition) is 1. The van der Waals surface area contributed by atoms with Crippen molar-refractivity contribution in [1.29, 1.82) is 5.26 Å². The first-order chi connectivity index (χ1) is 15.5. The number of nitriles is 1. The van der Waals surface area contributed by atoms with E-state index in [1.807, 2.05) is 30.3 Å². The molecule has 10 heteroatoms. The fraction of sp³-hybridized carbons (Fsp3) is 0.478. The van der Waals surface area contributed by atoms with Gasteiger partial charge in [0.2, 0.25) is 5.82 Å².